The van der Waals surface area contributed by atoms with Crippen molar-refractivity contribution in [3.63, 3.8) is 0 Å². The Balaban J connectivity index is 1.54. The molecule has 0 amide bonds. The van der Waals surface area contributed by atoms with Crippen LogP contribution in [0.4, 0.5) is 13.2 Å². The van der Waals surface area contributed by atoms with Crippen LogP contribution in [0.25, 0.3) is 16.8 Å². The molecule has 5 rings (SSSR count). The van der Waals surface area contributed by atoms with E-state index >= 15 is 0 Å². The molecule has 0 saturated heterocycles. The van der Waals surface area contributed by atoms with Gasteiger partial charge in [-0.15, -0.1) is 5.10 Å². The molecule has 0 N–H and O–H groups in total. The molecule has 1 fully saturated rings. The lowest BCUT2D eigenvalue weighted by molar-refractivity contribution is -0.137. The molecule has 0 bridgehead atoms. The lowest BCUT2D eigenvalue weighted by Crippen LogP contribution is -2.23. The number of ether oxygens (including phenoxy) is 1. The summed E-state index contributed by atoms with van der Waals surface area (Å²) in [6, 6.07) is 11.8. The van der Waals surface area contributed by atoms with Crippen molar-refractivity contribution in [2.45, 2.75) is 25.6 Å². The van der Waals surface area contributed by atoms with Gasteiger partial charge in [0.2, 0.25) is 5.65 Å². The molecule has 10 heteroatoms. The Hall–Kier alpha value is -3.33. The summed E-state index contributed by atoms with van der Waals surface area (Å²) in [5.74, 6) is 0.903. The number of benzene rings is 2. The average molecular weight is 475 g/mol. The summed E-state index contributed by atoms with van der Waals surface area (Å²) in [6.07, 6.45) is -0.697. The standard InChI is InChI=1S/C23H18ClF3N4O2/c24-18-9-5-16(6-10-18)19-11-28-31-21(20(19)33-13-15-1-2-15)29-30(22(31)32)12-14-3-7-17(8-4-14)23(25,26)27/h3-11,15H,1-2,12-13H2. The molecular formula is C23H18ClF3N4O2. The highest BCUT2D eigenvalue weighted by atomic mass is 35.5. The third kappa shape index (κ3) is 4.45. The lowest BCUT2D eigenvalue weighted by Gasteiger charge is -2.11. The van der Waals surface area contributed by atoms with Crippen LogP contribution in [0.5, 0.6) is 5.75 Å². The molecule has 1 saturated carbocycles. The van der Waals surface area contributed by atoms with E-state index in [-0.39, 0.29) is 12.2 Å². The third-order valence-electron chi connectivity index (χ3n) is 5.50. The first-order valence-electron chi connectivity index (χ1n) is 10.3. The Morgan fingerprint density at radius 3 is 2.39 bits per heavy atom. The fourth-order valence-electron chi connectivity index (χ4n) is 3.48. The highest BCUT2D eigenvalue weighted by molar-refractivity contribution is 6.30. The number of rotatable bonds is 6. The predicted molar refractivity (Wildman–Crippen MR) is 116 cm³/mol. The number of halogens is 4. The fourth-order valence-corrected chi connectivity index (χ4v) is 3.60. The van der Waals surface area contributed by atoms with Crippen LogP contribution in [0.1, 0.15) is 24.0 Å². The van der Waals surface area contributed by atoms with Crippen molar-refractivity contribution < 1.29 is 17.9 Å². The minimum atomic E-state index is -4.42. The van der Waals surface area contributed by atoms with E-state index in [1.165, 1.54) is 16.8 Å². The Bertz CT molecular complexity index is 1360. The van der Waals surface area contributed by atoms with Gasteiger partial charge >= 0.3 is 11.9 Å². The molecule has 0 aliphatic heterocycles. The van der Waals surface area contributed by atoms with Crippen molar-refractivity contribution in [1.82, 2.24) is 19.4 Å². The summed E-state index contributed by atoms with van der Waals surface area (Å²) in [5, 5.41) is 9.25. The SMILES string of the molecule is O=c1n(Cc2ccc(C(F)(F)F)cc2)nc2c(OCC3CC3)c(-c3ccc(Cl)cc3)cnn12. The van der Waals surface area contributed by atoms with Gasteiger partial charge in [-0.1, -0.05) is 35.9 Å². The topological polar surface area (TPSA) is 61.4 Å². The molecule has 0 unspecified atom stereocenters. The summed E-state index contributed by atoms with van der Waals surface area (Å²) in [4.78, 5) is 12.9. The molecule has 0 atom stereocenters. The van der Waals surface area contributed by atoms with Crippen LogP contribution in [0, 0.1) is 5.92 Å². The second-order valence-electron chi connectivity index (χ2n) is 8.02. The van der Waals surface area contributed by atoms with Crippen molar-refractivity contribution >= 4 is 17.2 Å². The molecule has 0 radical (unpaired) electrons. The quantitative estimate of drug-likeness (QED) is 0.391. The molecule has 2 aromatic heterocycles. The number of aromatic nitrogens is 4. The minimum Gasteiger partial charge on any atom is -0.489 e. The highest BCUT2D eigenvalue weighted by Crippen LogP contribution is 2.36. The molecule has 170 valence electrons. The monoisotopic (exact) mass is 474 g/mol. The summed E-state index contributed by atoms with van der Waals surface area (Å²) >= 11 is 6.01. The normalized spacial score (nSPS) is 14.1. The van der Waals surface area contributed by atoms with Gasteiger partial charge in [0.25, 0.3) is 0 Å². The first-order valence-corrected chi connectivity index (χ1v) is 10.7. The van der Waals surface area contributed by atoms with Gasteiger partial charge in [0.1, 0.15) is 0 Å². The first kappa shape index (κ1) is 21.5. The largest absolute Gasteiger partial charge is 0.489 e. The average Bonchev–Trinajstić information content (AvgIpc) is 3.56. The number of nitrogens with zero attached hydrogens (tertiary/aromatic N) is 4. The predicted octanol–water partition coefficient (Wildman–Crippen LogP) is 5.07. The number of alkyl halides is 3. The maximum atomic E-state index is 12.9. The zero-order valence-corrected chi connectivity index (χ0v) is 18.0. The van der Waals surface area contributed by atoms with E-state index in [9.17, 15) is 18.0 Å². The maximum Gasteiger partial charge on any atom is 0.416 e. The van der Waals surface area contributed by atoms with Crippen molar-refractivity contribution in [3.8, 4) is 16.9 Å². The van der Waals surface area contributed by atoms with E-state index in [4.69, 9.17) is 16.3 Å². The van der Waals surface area contributed by atoms with Crippen molar-refractivity contribution in [3.05, 3.63) is 81.4 Å². The summed E-state index contributed by atoms with van der Waals surface area (Å²) in [6.45, 7) is 0.499. The van der Waals surface area contributed by atoms with E-state index in [0.29, 0.717) is 34.4 Å². The van der Waals surface area contributed by atoms with Gasteiger partial charge < -0.3 is 4.74 Å². The maximum absolute atomic E-state index is 12.9. The Kier molecular flexibility index (Phi) is 5.36. The third-order valence-corrected chi connectivity index (χ3v) is 5.75. The second kappa shape index (κ2) is 8.22. The van der Waals surface area contributed by atoms with E-state index in [1.807, 2.05) is 12.1 Å². The Labute approximate surface area is 191 Å². The van der Waals surface area contributed by atoms with Gasteiger partial charge in [-0.3, -0.25) is 0 Å². The van der Waals surface area contributed by atoms with E-state index < -0.39 is 17.4 Å². The molecule has 2 aromatic carbocycles. The zero-order chi connectivity index (χ0) is 23.2. The van der Waals surface area contributed by atoms with Crippen LogP contribution in [-0.2, 0) is 12.7 Å². The van der Waals surface area contributed by atoms with E-state index in [2.05, 4.69) is 10.2 Å². The summed E-state index contributed by atoms with van der Waals surface area (Å²) in [7, 11) is 0. The van der Waals surface area contributed by atoms with Crippen LogP contribution in [0.15, 0.2) is 59.5 Å². The molecule has 1 aliphatic carbocycles. The molecule has 6 nitrogen and oxygen atoms in total. The van der Waals surface area contributed by atoms with Crippen LogP contribution in [0.3, 0.4) is 0 Å². The summed E-state index contributed by atoms with van der Waals surface area (Å²) < 4.78 is 46.9. The zero-order valence-electron chi connectivity index (χ0n) is 17.2. The van der Waals surface area contributed by atoms with Gasteiger partial charge in [-0.25, -0.2) is 9.48 Å². The van der Waals surface area contributed by atoms with Crippen molar-refractivity contribution in [1.29, 1.82) is 0 Å². The first-order chi connectivity index (χ1) is 15.8. The van der Waals surface area contributed by atoms with Crippen LogP contribution in [-0.4, -0.2) is 26.0 Å². The van der Waals surface area contributed by atoms with Crippen molar-refractivity contribution in [2.75, 3.05) is 6.61 Å². The van der Waals surface area contributed by atoms with Gasteiger partial charge in [-0.2, -0.15) is 22.8 Å². The highest BCUT2D eigenvalue weighted by Gasteiger charge is 2.30. The molecule has 1 aliphatic rings. The Morgan fingerprint density at radius 2 is 1.76 bits per heavy atom. The van der Waals surface area contributed by atoms with Crippen LogP contribution < -0.4 is 10.4 Å². The molecule has 4 aromatic rings. The van der Waals surface area contributed by atoms with Gasteiger partial charge in [0, 0.05) is 10.6 Å². The number of fused-ring (bicyclic) bond motifs is 1. The molecule has 2 heterocycles. The smallest absolute Gasteiger partial charge is 0.416 e. The second-order valence-corrected chi connectivity index (χ2v) is 8.46. The van der Waals surface area contributed by atoms with Crippen LogP contribution >= 0.6 is 11.6 Å². The summed E-state index contributed by atoms with van der Waals surface area (Å²) in [5.41, 5.74) is 0.978. The number of hydrogen-bond donors (Lipinski definition) is 0. The molecule has 33 heavy (non-hydrogen) atoms. The van der Waals surface area contributed by atoms with Gasteiger partial charge in [0.05, 0.1) is 24.9 Å². The van der Waals surface area contributed by atoms with Crippen molar-refractivity contribution in [2.24, 2.45) is 5.92 Å². The van der Waals surface area contributed by atoms with Crippen LogP contribution in [0.2, 0.25) is 5.02 Å². The number of hydrogen-bond acceptors (Lipinski definition) is 4. The minimum absolute atomic E-state index is 0.00132. The van der Waals surface area contributed by atoms with E-state index in [0.717, 1.165) is 35.1 Å². The lowest BCUT2D eigenvalue weighted by atomic mass is 10.1. The van der Waals surface area contributed by atoms with E-state index in [1.54, 1.807) is 18.3 Å². The molecular weight excluding hydrogens is 457 g/mol. The fraction of sp³-hybridized carbons (Fsp3) is 0.261. The molecule has 0 spiro atoms. The van der Waals surface area contributed by atoms with Gasteiger partial charge in [0.15, 0.2) is 5.75 Å². The Morgan fingerprint density at radius 1 is 1.06 bits per heavy atom. The van der Waals surface area contributed by atoms with Gasteiger partial charge in [-0.05, 0) is 54.2 Å².